The number of nitrogens with two attached hydrogens (primary N) is 1. The Morgan fingerprint density at radius 3 is 2.78 bits per heavy atom. The van der Waals surface area contributed by atoms with Gasteiger partial charge in [-0.05, 0) is 32.2 Å². The van der Waals surface area contributed by atoms with Crippen molar-refractivity contribution in [3.63, 3.8) is 0 Å². The van der Waals surface area contributed by atoms with Crippen molar-refractivity contribution in [1.29, 1.82) is 0 Å². The first-order valence-corrected chi connectivity index (χ1v) is 6.48. The molecule has 3 N–H and O–H groups in total. The Labute approximate surface area is 115 Å². The lowest BCUT2D eigenvalue weighted by molar-refractivity contribution is -0.135. The maximum atomic E-state index is 11.7. The molecule has 1 fully saturated rings. The van der Waals surface area contributed by atoms with Gasteiger partial charge >= 0.3 is 0 Å². The second-order valence-corrected chi connectivity index (χ2v) is 4.47. The van der Waals surface area contributed by atoms with Crippen molar-refractivity contribution in [3.05, 3.63) is 0 Å². The SMILES string of the molecule is Cl.NCCCCNC(=O)CN1CCCCCC1=O. The lowest BCUT2D eigenvalue weighted by atomic mass is 10.2. The maximum Gasteiger partial charge on any atom is 0.239 e. The zero-order valence-electron chi connectivity index (χ0n) is 10.8. The minimum Gasteiger partial charge on any atom is -0.355 e. The first-order chi connectivity index (χ1) is 8.24. The fourth-order valence-electron chi connectivity index (χ4n) is 1.93. The highest BCUT2D eigenvalue weighted by Crippen LogP contribution is 2.10. The van der Waals surface area contributed by atoms with Crippen molar-refractivity contribution in [2.24, 2.45) is 5.73 Å². The van der Waals surface area contributed by atoms with Gasteiger partial charge < -0.3 is 16.0 Å². The summed E-state index contributed by atoms with van der Waals surface area (Å²) < 4.78 is 0. The quantitative estimate of drug-likeness (QED) is 0.701. The smallest absolute Gasteiger partial charge is 0.239 e. The van der Waals surface area contributed by atoms with E-state index in [-0.39, 0.29) is 30.8 Å². The van der Waals surface area contributed by atoms with E-state index in [0.717, 1.165) is 38.6 Å². The molecule has 0 radical (unpaired) electrons. The summed E-state index contributed by atoms with van der Waals surface area (Å²) in [6, 6.07) is 0. The van der Waals surface area contributed by atoms with E-state index in [1.807, 2.05) is 0 Å². The summed E-state index contributed by atoms with van der Waals surface area (Å²) in [5, 5.41) is 2.82. The van der Waals surface area contributed by atoms with Gasteiger partial charge in [-0.3, -0.25) is 9.59 Å². The van der Waals surface area contributed by atoms with Crippen molar-refractivity contribution in [2.45, 2.75) is 38.5 Å². The van der Waals surface area contributed by atoms with Gasteiger partial charge in [-0.2, -0.15) is 0 Å². The van der Waals surface area contributed by atoms with Crippen LogP contribution in [-0.2, 0) is 9.59 Å². The Morgan fingerprint density at radius 1 is 1.28 bits per heavy atom. The minimum atomic E-state index is -0.0581. The lowest BCUT2D eigenvalue weighted by Gasteiger charge is -2.19. The molecule has 1 aliphatic rings. The molecule has 0 aliphatic carbocycles. The van der Waals surface area contributed by atoms with Gasteiger partial charge in [-0.15, -0.1) is 12.4 Å². The highest BCUT2D eigenvalue weighted by atomic mass is 35.5. The Hall–Kier alpha value is -0.810. The molecule has 18 heavy (non-hydrogen) atoms. The average molecular weight is 278 g/mol. The zero-order chi connectivity index (χ0) is 12.5. The second-order valence-electron chi connectivity index (χ2n) is 4.47. The topological polar surface area (TPSA) is 75.4 Å². The Bertz CT molecular complexity index is 262. The number of carbonyl (C=O) groups is 2. The summed E-state index contributed by atoms with van der Waals surface area (Å²) in [4.78, 5) is 24.9. The average Bonchev–Trinajstić information content (AvgIpc) is 2.51. The number of halogens is 1. The lowest BCUT2D eigenvalue weighted by Crippen LogP contribution is -2.40. The van der Waals surface area contributed by atoms with Gasteiger partial charge in [0.25, 0.3) is 0 Å². The van der Waals surface area contributed by atoms with Gasteiger partial charge in [-0.25, -0.2) is 0 Å². The van der Waals surface area contributed by atoms with Crippen LogP contribution in [0.3, 0.4) is 0 Å². The van der Waals surface area contributed by atoms with Gasteiger partial charge in [0.05, 0.1) is 6.54 Å². The van der Waals surface area contributed by atoms with Crippen LogP contribution in [0.2, 0.25) is 0 Å². The molecule has 0 saturated carbocycles. The second kappa shape index (κ2) is 10.1. The van der Waals surface area contributed by atoms with Crippen LogP contribution in [0.25, 0.3) is 0 Å². The third-order valence-corrected chi connectivity index (χ3v) is 2.96. The highest BCUT2D eigenvalue weighted by molar-refractivity contribution is 5.85. The normalized spacial score (nSPS) is 15.8. The van der Waals surface area contributed by atoms with E-state index in [0.29, 0.717) is 19.5 Å². The van der Waals surface area contributed by atoms with Crippen molar-refractivity contribution < 1.29 is 9.59 Å². The van der Waals surface area contributed by atoms with E-state index in [1.165, 1.54) is 0 Å². The van der Waals surface area contributed by atoms with Crippen LogP contribution in [0.1, 0.15) is 38.5 Å². The summed E-state index contributed by atoms with van der Waals surface area (Å²) in [5.41, 5.74) is 5.36. The van der Waals surface area contributed by atoms with Crippen LogP contribution in [-0.4, -0.2) is 42.9 Å². The molecule has 6 heteroatoms. The first kappa shape index (κ1) is 17.2. The van der Waals surface area contributed by atoms with Crippen LogP contribution in [0.5, 0.6) is 0 Å². The number of unbranched alkanes of at least 4 members (excludes halogenated alkanes) is 1. The summed E-state index contributed by atoms with van der Waals surface area (Å²) in [7, 11) is 0. The molecule has 1 aliphatic heterocycles. The molecule has 0 bridgehead atoms. The third kappa shape index (κ3) is 6.81. The molecular formula is C12H24ClN3O2. The fraction of sp³-hybridized carbons (Fsp3) is 0.833. The predicted octanol–water partition coefficient (Wildman–Crippen LogP) is 0.666. The molecule has 1 heterocycles. The van der Waals surface area contributed by atoms with E-state index < -0.39 is 0 Å². The van der Waals surface area contributed by atoms with Crippen molar-refractivity contribution >= 4 is 24.2 Å². The van der Waals surface area contributed by atoms with E-state index in [4.69, 9.17) is 5.73 Å². The zero-order valence-corrected chi connectivity index (χ0v) is 11.6. The number of nitrogens with one attached hydrogen (secondary N) is 1. The summed E-state index contributed by atoms with van der Waals surface area (Å²) in [6.45, 7) is 2.23. The van der Waals surface area contributed by atoms with Crippen molar-refractivity contribution in [3.8, 4) is 0 Å². The molecule has 0 aromatic heterocycles. The van der Waals surface area contributed by atoms with Gasteiger partial charge in [0.2, 0.25) is 11.8 Å². The first-order valence-electron chi connectivity index (χ1n) is 6.48. The van der Waals surface area contributed by atoms with Crippen LogP contribution >= 0.6 is 12.4 Å². The summed E-state index contributed by atoms with van der Waals surface area (Å²) in [6.07, 6.45) is 5.44. The molecule has 2 amide bonds. The number of rotatable bonds is 6. The Morgan fingerprint density at radius 2 is 2.06 bits per heavy atom. The number of nitrogens with zero attached hydrogens (tertiary/aromatic N) is 1. The van der Waals surface area contributed by atoms with E-state index in [1.54, 1.807) is 4.90 Å². The number of hydrogen-bond donors (Lipinski definition) is 2. The fourth-order valence-corrected chi connectivity index (χ4v) is 1.93. The maximum absolute atomic E-state index is 11.7. The van der Waals surface area contributed by atoms with Crippen LogP contribution in [0, 0.1) is 0 Å². The molecule has 0 unspecified atom stereocenters. The third-order valence-electron chi connectivity index (χ3n) is 2.96. The molecule has 0 aromatic carbocycles. The molecule has 1 saturated heterocycles. The van der Waals surface area contributed by atoms with Crippen LogP contribution < -0.4 is 11.1 Å². The van der Waals surface area contributed by atoms with Crippen molar-refractivity contribution in [1.82, 2.24) is 10.2 Å². The van der Waals surface area contributed by atoms with Crippen molar-refractivity contribution in [2.75, 3.05) is 26.2 Å². The molecule has 106 valence electrons. The number of amides is 2. The molecule has 1 rings (SSSR count). The van der Waals surface area contributed by atoms with E-state index in [9.17, 15) is 9.59 Å². The Balaban J connectivity index is 0.00000289. The van der Waals surface area contributed by atoms with Crippen LogP contribution in [0.4, 0.5) is 0 Å². The number of hydrogen-bond acceptors (Lipinski definition) is 3. The van der Waals surface area contributed by atoms with Gasteiger partial charge in [-0.1, -0.05) is 6.42 Å². The van der Waals surface area contributed by atoms with Gasteiger partial charge in [0.1, 0.15) is 0 Å². The monoisotopic (exact) mass is 277 g/mol. The minimum absolute atomic E-state index is 0. The predicted molar refractivity (Wildman–Crippen MR) is 73.6 cm³/mol. The van der Waals surface area contributed by atoms with E-state index in [2.05, 4.69) is 5.32 Å². The standard InChI is InChI=1S/C12H23N3O2.ClH/c13-7-3-4-8-14-11(16)10-15-9-5-1-2-6-12(15)17;/h1-10,13H2,(H,14,16);1H. The van der Waals surface area contributed by atoms with Gasteiger partial charge in [0, 0.05) is 19.5 Å². The summed E-state index contributed by atoms with van der Waals surface area (Å²) in [5.74, 6) is 0.0527. The van der Waals surface area contributed by atoms with E-state index >= 15 is 0 Å². The molecule has 0 aromatic rings. The van der Waals surface area contributed by atoms with Gasteiger partial charge in [0.15, 0.2) is 0 Å². The molecule has 0 spiro atoms. The molecule has 0 atom stereocenters. The molecule has 5 nitrogen and oxygen atoms in total. The Kier molecular flexibility index (Phi) is 9.69. The van der Waals surface area contributed by atoms with Crippen LogP contribution in [0.15, 0.2) is 0 Å². The number of carbonyl (C=O) groups excluding carboxylic acids is 2. The summed E-state index contributed by atoms with van der Waals surface area (Å²) >= 11 is 0. The largest absolute Gasteiger partial charge is 0.355 e. The highest BCUT2D eigenvalue weighted by Gasteiger charge is 2.18. The molecular weight excluding hydrogens is 254 g/mol. The number of likely N-dealkylation sites (tertiary alicyclic amines) is 1.